The van der Waals surface area contributed by atoms with Crippen molar-refractivity contribution >= 4 is 70.1 Å². The fourth-order valence-electron chi connectivity index (χ4n) is 3.71. The molecule has 7 nitrogen and oxygen atoms in total. The van der Waals surface area contributed by atoms with E-state index in [2.05, 4.69) is 16.0 Å². The number of ether oxygens (including phenoxy) is 1. The summed E-state index contributed by atoms with van der Waals surface area (Å²) < 4.78 is 5.14. The predicted molar refractivity (Wildman–Crippen MR) is 170 cm³/mol. The molecule has 1 unspecified atom stereocenters. The first-order valence-electron chi connectivity index (χ1n) is 12.8. The lowest BCUT2D eigenvalue weighted by atomic mass is 10.1. The largest absolute Gasteiger partial charge is 0.497 e. The molecular weight excluding hydrogens is 593 g/mol. The van der Waals surface area contributed by atoms with Gasteiger partial charge in [0.25, 0.3) is 11.8 Å². The lowest BCUT2D eigenvalue weighted by Crippen LogP contribution is -2.30. The van der Waals surface area contributed by atoms with Crippen LogP contribution in [-0.2, 0) is 9.59 Å². The number of hydrogen-bond donors (Lipinski definition) is 3. The summed E-state index contributed by atoms with van der Waals surface area (Å²) in [5.41, 5.74) is 2.07. The number of benzene rings is 4. The van der Waals surface area contributed by atoms with E-state index in [1.165, 1.54) is 17.8 Å². The Morgan fingerprint density at radius 3 is 2.12 bits per heavy atom. The third-order valence-corrected chi connectivity index (χ3v) is 7.62. The minimum atomic E-state index is -0.544. The number of hydrogen-bond acceptors (Lipinski definition) is 5. The number of halogens is 2. The molecule has 4 aromatic rings. The molecule has 0 heterocycles. The summed E-state index contributed by atoms with van der Waals surface area (Å²) in [4.78, 5) is 39.7. The van der Waals surface area contributed by atoms with Crippen LogP contribution in [0.4, 0.5) is 11.4 Å². The SMILES string of the molecule is COc1ccc(NC(=O)C(C)Sc2ccc(NC(=O)/C(=C/c3ccc(Cl)cc3Cl)NC(=O)c3ccccc3)cc2)cc1. The number of thioether (sulfide) groups is 1. The number of rotatable bonds is 10. The summed E-state index contributed by atoms with van der Waals surface area (Å²) in [5.74, 6) is -0.432. The second-order valence-corrected chi connectivity index (χ2v) is 11.3. The molecule has 0 bridgehead atoms. The third-order valence-electron chi connectivity index (χ3n) is 5.94. The van der Waals surface area contributed by atoms with Gasteiger partial charge in [0.05, 0.1) is 12.4 Å². The van der Waals surface area contributed by atoms with Crippen molar-refractivity contribution < 1.29 is 19.1 Å². The van der Waals surface area contributed by atoms with Gasteiger partial charge >= 0.3 is 0 Å². The van der Waals surface area contributed by atoms with Gasteiger partial charge in [-0.3, -0.25) is 14.4 Å². The maximum Gasteiger partial charge on any atom is 0.272 e. The molecule has 0 saturated heterocycles. The van der Waals surface area contributed by atoms with Crippen LogP contribution < -0.4 is 20.7 Å². The standard InChI is InChI=1S/C32H27Cl2N3O4S/c1-20(30(38)35-24-10-14-26(41-2)15-11-24)42-27-16-12-25(13-17-27)36-32(40)29(18-22-8-9-23(33)19-28(22)34)37-31(39)21-6-4-3-5-7-21/h3-20H,1-2H3,(H,35,38)(H,36,40)(H,37,39)/b29-18-. The first kappa shape index (κ1) is 30.7. The topological polar surface area (TPSA) is 96.5 Å². The van der Waals surface area contributed by atoms with Crippen LogP contribution in [0.1, 0.15) is 22.8 Å². The van der Waals surface area contributed by atoms with Crippen LogP contribution in [0.5, 0.6) is 5.75 Å². The average Bonchev–Trinajstić information content (AvgIpc) is 2.99. The third kappa shape index (κ3) is 8.63. The molecule has 214 valence electrons. The number of methoxy groups -OCH3 is 1. The van der Waals surface area contributed by atoms with Crippen LogP contribution in [-0.4, -0.2) is 30.1 Å². The van der Waals surface area contributed by atoms with Crippen molar-refractivity contribution in [1.29, 1.82) is 0 Å². The normalized spacial score (nSPS) is 11.8. The van der Waals surface area contributed by atoms with Crippen molar-refractivity contribution in [2.45, 2.75) is 17.1 Å². The monoisotopic (exact) mass is 619 g/mol. The van der Waals surface area contributed by atoms with Gasteiger partial charge in [-0.2, -0.15) is 0 Å². The fourth-order valence-corrected chi connectivity index (χ4v) is 5.04. The Bertz CT molecular complexity index is 1590. The zero-order valence-corrected chi connectivity index (χ0v) is 25.0. The van der Waals surface area contributed by atoms with E-state index < -0.39 is 11.8 Å². The Kier molecular flexibility index (Phi) is 10.7. The molecular formula is C32H27Cl2N3O4S. The minimum absolute atomic E-state index is 0.00430. The molecule has 1 atom stereocenters. The quantitative estimate of drug-likeness (QED) is 0.126. The van der Waals surface area contributed by atoms with E-state index in [0.717, 1.165) is 4.90 Å². The summed E-state index contributed by atoms with van der Waals surface area (Å²) in [5, 5.41) is 8.77. The van der Waals surface area contributed by atoms with Crippen molar-refractivity contribution in [3.05, 3.63) is 124 Å². The van der Waals surface area contributed by atoms with Crippen LogP contribution >= 0.6 is 35.0 Å². The highest BCUT2D eigenvalue weighted by Gasteiger charge is 2.17. The lowest BCUT2D eigenvalue weighted by molar-refractivity contribution is -0.115. The van der Waals surface area contributed by atoms with Crippen LogP contribution in [0, 0.1) is 0 Å². The molecule has 0 fully saturated rings. The summed E-state index contributed by atoms with van der Waals surface area (Å²) in [6, 6.07) is 27.6. The number of anilines is 2. The molecule has 0 aliphatic carbocycles. The van der Waals surface area contributed by atoms with Gasteiger partial charge < -0.3 is 20.7 Å². The van der Waals surface area contributed by atoms with E-state index >= 15 is 0 Å². The van der Waals surface area contributed by atoms with E-state index in [1.54, 1.807) is 104 Å². The highest BCUT2D eigenvalue weighted by Crippen LogP contribution is 2.27. The Hall–Kier alpha value is -4.24. The van der Waals surface area contributed by atoms with E-state index in [4.69, 9.17) is 27.9 Å². The van der Waals surface area contributed by atoms with Crippen molar-refractivity contribution in [1.82, 2.24) is 5.32 Å². The maximum atomic E-state index is 13.3. The zero-order chi connectivity index (χ0) is 30.1. The predicted octanol–water partition coefficient (Wildman–Crippen LogP) is 7.53. The molecule has 0 saturated carbocycles. The Labute approximate surface area is 258 Å². The van der Waals surface area contributed by atoms with Gasteiger partial charge in [0, 0.05) is 31.9 Å². The van der Waals surface area contributed by atoms with E-state index in [0.29, 0.717) is 38.3 Å². The van der Waals surface area contributed by atoms with Crippen LogP contribution in [0.3, 0.4) is 0 Å². The van der Waals surface area contributed by atoms with E-state index in [1.807, 2.05) is 6.92 Å². The van der Waals surface area contributed by atoms with Crippen LogP contribution in [0.25, 0.3) is 6.08 Å². The zero-order valence-electron chi connectivity index (χ0n) is 22.7. The number of nitrogens with one attached hydrogen (secondary N) is 3. The van der Waals surface area contributed by atoms with Gasteiger partial charge in [-0.15, -0.1) is 11.8 Å². The summed E-state index contributed by atoms with van der Waals surface area (Å²) in [6.45, 7) is 1.81. The number of carbonyl (C=O) groups excluding carboxylic acids is 3. The van der Waals surface area contributed by atoms with Crippen molar-refractivity contribution in [2.24, 2.45) is 0 Å². The molecule has 3 amide bonds. The van der Waals surface area contributed by atoms with Crippen LogP contribution in [0.15, 0.2) is 108 Å². The Morgan fingerprint density at radius 2 is 1.48 bits per heavy atom. The average molecular weight is 621 g/mol. The van der Waals surface area contributed by atoms with Gasteiger partial charge in [0.1, 0.15) is 11.4 Å². The first-order valence-corrected chi connectivity index (χ1v) is 14.4. The second kappa shape index (κ2) is 14.6. The summed E-state index contributed by atoms with van der Waals surface area (Å²) in [6.07, 6.45) is 1.49. The van der Waals surface area contributed by atoms with Gasteiger partial charge in [-0.25, -0.2) is 0 Å². The summed E-state index contributed by atoms with van der Waals surface area (Å²) >= 11 is 13.7. The molecule has 0 aliphatic heterocycles. The Balaban J connectivity index is 1.43. The molecule has 0 radical (unpaired) electrons. The molecule has 10 heteroatoms. The fraction of sp³-hybridized carbons (Fsp3) is 0.0938. The van der Waals surface area contributed by atoms with Crippen LogP contribution in [0.2, 0.25) is 10.0 Å². The second-order valence-electron chi connectivity index (χ2n) is 9.00. The van der Waals surface area contributed by atoms with Gasteiger partial charge in [0.15, 0.2) is 0 Å². The van der Waals surface area contributed by atoms with Gasteiger partial charge in [-0.05, 0) is 91.4 Å². The highest BCUT2D eigenvalue weighted by atomic mass is 35.5. The summed E-state index contributed by atoms with van der Waals surface area (Å²) in [7, 11) is 1.58. The molecule has 0 aromatic heterocycles. The number of amides is 3. The highest BCUT2D eigenvalue weighted by molar-refractivity contribution is 8.00. The van der Waals surface area contributed by atoms with Crippen molar-refractivity contribution in [3.63, 3.8) is 0 Å². The molecule has 4 rings (SSSR count). The molecule has 4 aromatic carbocycles. The number of carbonyl (C=O) groups is 3. The van der Waals surface area contributed by atoms with E-state index in [-0.39, 0.29) is 16.9 Å². The lowest BCUT2D eigenvalue weighted by Gasteiger charge is -2.14. The van der Waals surface area contributed by atoms with Crippen molar-refractivity contribution in [2.75, 3.05) is 17.7 Å². The Morgan fingerprint density at radius 1 is 0.833 bits per heavy atom. The van der Waals surface area contributed by atoms with E-state index in [9.17, 15) is 14.4 Å². The van der Waals surface area contributed by atoms with Crippen molar-refractivity contribution in [3.8, 4) is 5.75 Å². The molecule has 42 heavy (non-hydrogen) atoms. The molecule has 0 aliphatic rings. The maximum absolute atomic E-state index is 13.3. The molecule has 0 spiro atoms. The van der Waals surface area contributed by atoms with Gasteiger partial charge in [-0.1, -0.05) is 47.5 Å². The van der Waals surface area contributed by atoms with Gasteiger partial charge in [0.2, 0.25) is 5.91 Å². The first-order chi connectivity index (χ1) is 20.2. The smallest absolute Gasteiger partial charge is 0.272 e. The minimum Gasteiger partial charge on any atom is -0.497 e. The molecule has 3 N–H and O–H groups in total.